The zero-order valence-electron chi connectivity index (χ0n) is 7.20. The molecule has 5 nitrogen and oxygen atoms in total. The number of aromatic nitrogens is 2. The first-order valence-corrected chi connectivity index (χ1v) is 4.07. The first-order chi connectivity index (χ1) is 6.70. The number of Topliss-reactive ketones (excluding diaryl/α,β-unsaturated/α-hetero) is 1. The number of rotatable bonds is 2. The Balaban J connectivity index is 2.61. The lowest BCUT2D eigenvalue weighted by Crippen LogP contribution is -2.03. The van der Waals surface area contributed by atoms with Crippen molar-refractivity contribution >= 4 is 16.8 Å². The zero-order chi connectivity index (χ0) is 10.1. The fourth-order valence-corrected chi connectivity index (χ4v) is 1.30. The standard InChI is InChI=1S/C9H8N2O3/c12-4-8(13)5-1-2-6-7(3-5)11-9(14)10-6/h1-3,12H,4H2,(H2,10,11,14). The maximum Gasteiger partial charge on any atom is 0.323 e. The largest absolute Gasteiger partial charge is 0.388 e. The number of benzene rings is 1. The van der Waals surface area contributed by atoms with E-state index in [0.717, 1.165) is 0 Å². The fourth-order valence-electron chi connectivity index (χ4n) is 1.30. The van der Waals surface area contributed by atoms with E-state index in [1.807, 2.05) is 0 Å². The average Bonchev–Trinajstić information content (AvgIpc) is 2.55. The van der Waals surface area contributed by atoms with Gasteiger partial charge in [0.1, 0.15) is 6.61 Å². The summed E-state index contributed by atoms with van der Waals surface area (Å²) in [6.07, 6.45) is 0. The number of nitrogens with one attached hydrogen (secondary N) is 2. The van der Waals surface area contributed by atoms with Crippen LogP contribution in [0.3, 0.4) is 0 Å². The van der Waals surface area contributed by atoms with E-state index in [1.54, 1.807) is 12.1 Å². The highest BCUT2D eigenvalue weighted by Crippen LogP contribution is 2.10. The minimum absolute atomic E-state index is 0.311. The van der Waals surface area contributed by atoms with Gasteiger partial charge in [-0.25, -0.2) is 4.79 Å². The summed E-state index contributed by atoms with van der Waals surface area (Å²) in [5, 5.41) is 8.64. The van der Waals surface area contributed by atoms with Crippen LogP contribution in [-0.4, -0.2) is 27.5 Å². The topological polar surface area (TPSA) is 85.9 Å². The number of hydrogen-bond acceptors (Lipinski definition) is 3. The predicted octanol–water partition coefficient (Wildman–Crippen LogP) is 0.0312. The van der Waals surface area contributed by atoms with E-state index in [1.165, 1.54) is 6.07 Å². The van der Waals surface area contributed by atoms with Crippen molar-refractivity contribution in [3.05, 3.63) is 34.2 Å². The second-order valence-electron chi connectivity index (χ2n) is 2.92. The minimum Gasteiger partial charge on any atom is -0.388 e. The Hall–Kier alpha value is -1.88. The van der Waals surface area contributed by atoms with E-state index in [-0.39, 0.29) is 11.5 Å². The van der Waals surface area contributed by atoms with Crippen molar-refractivity contribution in [2.75, 3.05) is 6.61 Å². The SMILES string of the molecule is O=C(CO)c1ccc2[nH]c(=O)[nH]c2c1. The van der Waals surface area contributed by atoms with Crippen LogP contribution >= 0.6 is 0 Å². The molecule has 0 aliphatic rings. The van der Waals surface area contributed by atoms with Crippen molar-refractivity contribution in [1.82, 2.24) is 9.97 Å². The Morgan fingerprint density at radius 3 is 2.71 bits per heavy atom. The summed E-state index contributed by atoms with van der Waals surface area (Å²) in [5.74, 6) is -0.367. The number of H-pyrrole nitrogens is 2. The molecule has 0 atom stereocenters. The molecule has 1 aromatic heterocycles. The molecule has 1 aromatic carbocycles. The molecule has 72 valence electrons. The maximum atomic E-state index is 11.1. The highest BCUT2D eigenvalue weighted by atomic mass is 16.3. The van der Waals surface area contributed by atoms with Gasteiger partial charge in [-0.05, 0) is 18.2 Å². The van der Waals surface area contributed by atoms with Crippen molar-refractivity contribution in [1.29, 1.82) is 0 Å². The van der Waals surface area contributed by atoms with E-state index in [2.05, 4.69) is 9.97 Å². The Morgan fingerprint density at radius 2 is 2.00 bits per heavy atom. The summed E-state index contributed by atoms with van der Waals surface area (Å²) >= 11 is 0. The number of hydrogen-bond donors (Lipinski definition) is 3. The number of aliphatic hydroxyl groups is 1. The van der Waals surface area contributed by atoms with E-state index in [4.69, 9.17) is 5.11 Å². The molecule has 14 heavy (non-hydrogen) atoms. The van der Waals surface area contributed by atoms with Crippen molar-refractivity contribution in [2.24, 2.45) is 0 Å². The number of carbonyl (C=O) groups is 1. The molecule has 0 bridgehead atoms. The quantitative estimate of drug-likeness (QED) is 0.587. The fraction of sp³-hybridized carbons (Fsp3) is 0.111. The number of ketones is 1. The van der Waals surface area contributed by atoms with Crippen LogP contribution in [0.15, 0.2) is 23.0 Å². The summed E-state index contributed by atoms with van der Waals surface area (Å²) < 4.78 is 0. The van der Waals surface area contributed by atoms with Crippen LogP contribution in [0.5, 0.6) is 0 Å². The predicted molar refractivity (Wildman–Crippen MR) is 50.3 cm³/mol. The minimum atomic E-state index is -0.528. The lowest BCUT2D eigenvalue weighted by atomic mass is 10.1. The Labute approximate surface area is 78.4 Å². The number of aromatic amines is 2. The van der Waals surface area contributed by atoms with Crippen LogP contribution < -0.4 is 5.69 Å². The van der Waals surface area contributed by atoms with Crippen LogP contribution in [0.4, 0.5) is 0 Å². The lowest BCUT2D eigenvalue weighted by Gasteiger charge is -1.96. The highest BCUT2D eigenvalue weighted by Gasteiger charge is 2.05. The second-order valence-corrected chi connectivity index (χ2v) is 2.92. The summed E-state index contributed by atoms with van der Waals surface area (Å²) in [5.41, 5.74) is 1.28. The molecular weight excluding hydrogens is 184 g/mol. The lowest BCUT2D eigenvalue weighted by molar-refractivity contribution is 0.0904. The van der Waals surface area contributed by atoms with Gasteiger partial charge in [-0.3, -0.25) is 4.79 Å². The van der Waals surface area contributed by atoms with Crippen molar-refractivity contribution in [3.63, 3.8) is 0 Å². The van der Waals surface area contributed by atoms with E-state index >= 15 is 0 Å². The molecule has 0 aliphatic heterocycles. The van der Waals surface area contributed by atoms with Crippen LogP contribution in [-0.2, 0) is 0 Å². The molecular formula is C9H8N2O3. The molecule has 0 spiro atoms. The molecule has 0 fully saturated rings. The number of fused-ring (bicyclic) bond motifs is 1. The first kappa shape index (κ1) is 8.71. The zero-order valence-corrected chi connectivity index (χ0v) is 7.20. The number of imidazole rings is 1. The highest BCUT2D eigenvalue weighted by molar-refractivity contribution is 5.99. The Morgan fingerprint density at radius 1 is 1.29 bits per heavy atom. The molecule has 0 aliphatic carbocycles. The second kappa shape index (κ2) is 3.12. The first-order valence-electron chi connectivity index (χ1n) is 4.07. The van der Waals surface area contributed by atoms with Crippen LogP contribution in [0.25, 0.3) is 11.0 Å². The van der Waals surface area contributed by atoms with Gasteiger partial charge in [0.05, 0.1) is 11.0 Å². The van der Waals surface area contributed by atoms with E-state index in [9.17, 15) is 9.59 Å². The molecule has 5 heteroatoms. The normalized spacial score (nSPS) is 10.6. The van der Waals surface area contributed by atoms with Gasteiger partial charge in [0, 0.05) is 5.56 Å². The van der Waals surface area contributed by atoms with Crippen LogP contribution in [0.1, 0.15) is 10.4 Å². The van der Waals surface area contributed by atoms with Crippen molar-refractivity contribution in [2.45, 2.75) is 0 Å². The van der Waals surface area contributed by atoms with Gasteiger partial charge in [-0.2, -0.15) is 0 Å². The van der Waals surface area contributed by atoms with Crippen molar-refractivity contribution in [3.8, 4) is 0 Å². The molecule has 0 amide bonds. The Bertz CT molecular complexity index is 538. The van der Waals surface area contributed by atoms with Gasteiger partial charge in [-0.1, -0.05) is 0 Å². The Kier molecular flexibility index (Phi) is 1.94. The van der Waals surface area contributed by atoms with Crippen molar-refractivity contribution < 1.29 is 9.90 Å². The third-order valence-corrected chi connectivity index (χ3v) is 1.98. The molecule has 0 unspecified atom stereocenters. The third kappa shape index (κ3) is 1.33. The summed E-state index contributed by atoms with van der Waals surface area (Å²) in [6, 6.07) is 4.71. The number of aliphatic hydroxyl groups excluding tert-OH is 1. The van der Waals surface area contributed by atoms with Gasteiger partial charge < -0.3 is 15.1 Å². The van der Waals surface area contributed by atoms with Gasteiger partial charge in [0.25, 0.3) is 0 Å². The molecule has 0 saturated carbocycles. The summed E-state index contributed by atoms with van der Waals surface area (Å²) in [4.78, 5) is 27.1. The average molecular weight is 192 g/mol. The molecule has 0 radical (unpaired) electrons. The van der Waals surface area contributed by atoms with Gasteiger partial charge in [0.15, 0.2) is 5.78 Å². The van der Waals surface area contributed by atoms with E-state index < -0.39 is 6.61 Å². The maximum absolute atomic E-state index is 11.1. The molecule has 0 saturated heterocycles. The number of carbonyl (C=O) groups excluding carboxylic acids is 1. The molecule has 3 N–H and O–H groups in total. The van der Waals surface area contributed by atoms with Gasteiger partial charge >= 0.3 is 5.69 Å². The third-order valence-electron chi connectivity index (χ3n) is 1.98. The van der Waals surface area contributed by atoms with Crippen LogP contribution in [0, 0.1) is 0 Å². The smallest absolute Gasteiger partial charge is 0.323 e. The molecule has 2 rings (SSSR count). The van der Waals surface area contributed by atoms with E-state index in [0.29, 0.717) is 16.6 Å². The molecule has 2 aromatic rings. The summed E-state index contributed by atoms with van der Waals surface area (Å²) in [6.45, 7) is -0.528. The summed E-state index contributed by atoms with van der Waals surface area (Å²) in [7, 11) is 0. The van der Waals surface area contributed by atoms with Gasteiger partial charge in [-0.15, -0.1) is 0 Å². The van der Waals surface area contributed by atoms with Gasteiger partial charge in [0.2, 0.25) is 0 Å². The van der Waals surface area contributed by atoms with Crippen LogP contribution in [0.2, 0.25) is 0 Å². The molecule has 1 heterocycles. The monoisotopic (exact) mass is 192 g/mol.